The molecular weight excluding hydrogens is 246 g/mol. The van der Waals surface area contributed by atoms with Crippen molar-refractivity contribution in [3.05, 3.63) is 24.0 Å². The van der Waals surface area contributed by atoms with Gasteiger partial charge in [0.25, 0.3) is 0 Å². The molecule has 1 atom stereocenters. The summed E-state index contributed by atoms with van der Waals surface area (Å²) in [6, 6.07) is 3.92. The number of aromatic nitrogens is 1. The van der Waals surface area contributed by atoms with Crippen LogP contribution in [0, 0.1) is 5.92 Å². The van der Waals surface area contributed by atoms with E-state index in [4.69, 9.17) is 22.7 Å². The highest BCUT2D eigenvalue weighted by molar-refractivity contribution is 7.80. The second-order valence-corrected chi connectivity index (χ2v) is 5.12. The molecule has 1 saturated heterocycles. The quantitative estimate of drug-likeness (QED) is 0.838. The summed E-state index contributed by atoms with van der Waals surface area (Å²) in [6.45, 7) is 2.94. The molecule has 2 N–H and O–H groups in total. The van der Waals surface area contributed by atoms with Crippen molar-refractivity contribution < 1.29 is 4.74 Å². The molecule has 1 aliphatic heterocycles. The van der Waals surface area contributed by atoms with Crippen LogP contribution in [0.2, 0.25) is 0 Å². The SMILES string of the molecule is COCC1CCCN(c2ccc(C(N)=S)nc2)C1. The molecule has 1 aromatic heterocycles. The molecule has 0 amide bonds. The van der Waals surface area contributed by atoms with Crippen LogP contribution in [-0.2, 0) is 4.74 Å². The fourth-order valence-electron chi connectivity index (χ4n) is 2.39. The lowest BCUT2D eigenvalue weighted by Crippen LogP contribution is -2.37. The van der Waals surface area contributed by atoms with Crippen LogP contribution >= 0.6 is 12.2 Å². The predicted molar refractivity (Wildman–Crippen MR) is 76.9 cm³/mol. The van der Waals surface area contributed by atoms with Gasteiger partial charge in [-0.05, 0) is 30.9 Å². The third-order valence-electron chi connectivity index (χ3n) is 3.29. The number of anilines is 1. The number of nitrogens with zero attached hydrogens (tertiary/aromatic N) is 2. The molecule has 2 heterocycles. The smallest absolute Gasteiger partial charge is 0.122 e. The van der Waals surface area contributed by atoms with E-state index in [9.17, 15) is 0 Å². The Morgan fingerprint density at radius 2 is 2.44 bits per heavy atom. The van der Waals surface area contributed by atoms with Gasteiger partial charge >= 0.3 is 0 Å². The number of hydrogen-bond acceptors (Lipinski definition) is 4. The van der Waals surface area contributed by atoms with Crippen LogP contribution < -0.4 is 10.6 Å². The van der Waals surface area contributed by atoms with Gasteiger partial charge in [0.1, 0.15) is 4.99 Å². The summed E-state index contributed by atoms with van der Waals surface area (Å²) in [6.07, 6.45) is 4.29. The maximum atomic E-state index is 5.54. The van der Waals surface area contributed by atoms with Gasteiger partial charge in [-0.1, -0.05) is 12.2 Å². The first-order valence-electron chi connectivity index (χ1n) is 6.20. The Bertz CT molecular complexity index is 405. The van der Waals surface area contributed by atoms with Crippen LogP contribution in [0.25, 0.3) is 0 Å². The Kier molecular flexibility index (Phi) is 4.49. The van der Waals surface area contributed by atoms with E-state index in [1.807, 2.05) is 18.3 Å². The Morgan fingerprint density at radius 1 is 1.61 bits per heavy atom. The molecular formula is C13H19N3OS. The molecule has 0 radical (unpaired) electrons. The molecule has 0 spiro atoms. The van der Waals surface area contributed by atoms with Gasteiger partial charge < -0.3 is 15.4 Å². The molecule has 98 valence electrons. The fourth-order valence-corrected chi connectivity index (χ4v) is 2.51. The molecule has 18 heavy (non-hydrogen) atoms. The van der Waals surface area contributed by atoms with Crippen molar-refractivity contribution in [3.63, 3.8) is 0 Å². The Balaban J connectivity index is 2.04. The molecule has 1 fully saturated rings. The molecule has 0 aromatic carbocycles. The van der Waals surface area contributed by atoms with Crippen LogP contribution in [0.15, 0.2) is 18.3 Å². The molecule has 4 nitrogen and oxygen atoms in total. The van der Waals surface area contributed by atoms with Crippen molar-refractivity contribution in [1.29, 1.82) is 0 Å². The minimum atomic E-state index is 0.345. The number of ether oxygens (including phenoxy) is 1. The van der Waals surface area contributed by atoms with Gasteiger partial charge in [0.05, 0.1) is 24.2 Å². The summed E-state index contributed by atoms with van der Waals surface area (Å²) < 4.78 is 5.24. The van der Waals surface area contributed by atoms with E-state index in [0.29, 0.717) is 16.6 Å². The van der Waals surface area contributed by atoms with Gasteiger partial charge in [-0.25, -0.2) is 0 Å². The third-order valence-corrected chi connectivity index (χ3v) is 3.50. The number of rotatable bonds is 4. The van der Waals surface area contributed by atoms with E-state index >= 15 is 0 Å². The van der Waals surface area contributed by atoms with Gasteiger partial charge in [-0.2, -0.15) is 0 Å². The molecule has 2 rings (SSSR count). The maximum absolute atomic E-state index is 5.54. The first kappa shape index (κ1) is 13.2. The van der Waals surface area contributed by atoms with Crippen molar-refractivity contribution in [1.82, 2.24) is 4.98 Å². The summed E-state index contributed by atoms with van der Waals surface area (Å²) in [7, 11) is 1.76. The first-order valence-corrected chi connectivity index (χ1v) is 6.61. The van der Waals surface area contributed by atoms with E-state index in [-0.39, 0.29) is 0 Å². The van der Waals surface area contributed by atoms with Crippen LogP contribution in [0.3, 0.4) is 0 Å². The van der Waals surface area contributed by atoms with Crippen LogP contribution in [0.1, 0.15) is 18.5 Å². The van der Waals surface area contributed by atoms with Crippen LogP contribution in [-0.4, -0.2) is 36.8 Å². The zero-order valence-corrected chi connectivity index (χ0v) is 11.4. The summed E-state index contributed by atoms with van der Waals surface area (Å²) in [5.41, 5.74) is 7.36. The minimum absolute atomic E-state index is 0.345. The molecule has 1 aliphatic rings. The summed E-state index contributed by atoms with van der Waals surface area (Å²) >= 11 is 4.90. The highest BCUT2D eigenvalue weighted by Gasteiger charge is 2.20. The number of nitrogens with two attached hydrogens (primary N) is 1. The Hall–Kier alpha value is -1.20. The molecule has 1 aromatic rings. The number of thiocarbonyl (C=S) groups is 1. The zero-order chi connectivity index (χ0) is 13.0. The summed E-state index contributed by atoms with van der Waals surface area (Å²) in [5.74, 6) is 0.610. The highest BCUT2D eigenvalue weighted by Crippen LogP contribution is 2.22. The monoisotopic (exact) mass is 265 g/mol. The topological polar surface area (TPSA) is 51.4 Å². The minimum Gasteiger partial charge on any atom is -0.388 e. The molecule has 1 unspecified atom stereocenters. The van der Waals surface area contributed by atoms with Crippen molar-refractivity contribution in [2.24, 2.45) is 11.7 Å². The molecule has 5 heteroatoms. The van der Waals surface area contributed by atoms with Crippen LogP contribution in [0.5, 0.6) is 0 Å². The Morgan fingerprint density at radius 3 is 3.06 bits per heavy atom. The number of methoxy groups -OCH3 is 1. The Labute approximate surface area is 113 Å². The van der Waals surface area contributed by atoms with Crippen molar-refractivity contribution in [3.8, 4) is 0 Å². The standard InChI is InChI=1S/C13H19N3OS/c1-17-9-10-3-2-6-16(8-10)11-4-5-12(13(14)18)15-7-11/h4-5,7,10H,2-3,6,8-9H2,1H3,(H2,14,18). The first-order chi connectivity index (χ1) is 8.70. The fraction of sp³-hybridized carbons (Fsp3) is 0.538. The van der Waals surface area contributed by atoms with Crippen molar-refractivity contribution in [2.75, 3.05) is 31.7 Å². The van der Waals surface area contributed by atoms with Gasteiger partial charge in [0.15, 0.2) is 0 Å². The van der Waals surface area contributed by atoms with Gasteiger partial charge in [-0.3, -0.25) is 4.98 Å². The van der Waals surface area contributed by atoms with Gasteiger partial charge in [0.2, 0.25) is 0 Å². The average Bonchev–Trinajstić information content (AvgIpc) is 2.39. The number of pyridine rings is 1. The number of hydrogen-bond donors (Lipinski definition) is 1. The van der Waals surface area contributed by atoms with E-state index in [1.54, 1.807) is 7.11 Å². The zero-order valence-electron chi connectivity index (χ0n) is 10.6. The van der Waals surface area contributed by atoms with E-state index in [2.05, 4.69) is 9.88 Å². The largest absolute Gasteiger partial charge is 0.388 e. The maximum Gasteiger partial charge on any atom is 0.122 e. The molecule has 0 saturated carbocycles. The summed E-state index contributed by atoms with van der Waals surface area (Å²) in [5, 5.41) is 0. The highest BCUT2D eigenvalue weighted by atomic mass is 32.1. The average molecular weight is 265 g/mol. The molecule has 0 bridgehead atoms. The lowest BCUT2D eigenvalue weighted by Gasteiger charge is -2.33. The molecule has 0 aliphatic carbocycles. The normalized spacial score (nSPS) is 19.8. The lowest BCUT2D eigenvalue weighted by molar-refractivity contribution is 0.143. The summed E-state index contributed by atoms with van der Waals surface area (Å²) in [4.78, 5) is 6.98. The van der Waals surface area contributed by atoms with E-state index in [1.165, 1.54) is 12.8 Å². The van der Waals surface area contributed by atoms with Gasteiger partial charge in [0, 0.05) is 20.2 Å². The van der Waals surface area contributed by atoms with Crippen LogP contribution in [0.4, 0.5) is 5.69 Å². The second kappa shape index (κ2) is 6.11. The second-order valence-electron chi connectivity index (χ2n) is 4.68. The lowest BCUT2D eigenvalue weighted by atomic mass is 9.98. The van der Waals surface area contributed by atoms with Gasteiger partial charge in [-0.15, -0.1) is 0 Å². The van der Waals surface area contributed by atoms with E-state index in [0.717, 1.165) is 25.4 Å². The predicted octanol–water partition coefficient (Wildman–Crippen LogP) is 1.58. The van der Waals surface area contributed by atoms with E-state index < -0.39 is 0 Å². The third kappa shape index (κ3) is 3.17. The van der Waals surface area contributed by atoms with Crippen molar-refractivity contribution >= 4 is 22.9 Å². The number of piperidine rings is 1. The van der Waals surface area contributed by atoms with Crippen molar-refractivity contribution in [2.45, 2.75) is 12.8 Å².